The summed E-state index contributed by atoms with van der Waals surface area (Å²) in [5, 5.41) is 20.7. The zero-order valence-electron chi connectivity index (χ0n) is 16.0. The number of morpholine rings is 1. The molecule has 1 amide bonds. The minimum Gasteiger partial charge on any atom is -0.506 e. The Hall–Kier alpha value is -3.45. The molecule has 4 rings (SSSR count). The number of ether oxygens (including phenoxy) is 2. The number of hydrogen-bond acceptors (Lipinski definition) is 6. The molecule has 1 N–H and O–H groups in total. The highest BCUT2D eigenvalue weighted by molar-refractivity contribution is 6.07. The van der Waals surface area contributed by atoms with Crippen molar-refractivity contribution < 1.29 is 19.4 Å². The molecule has 0 atom stereocenters. The van der Waals surface area contributed by atoms with E-state index in [-0.39, 0.29) is 17.2 Å². The van der Waals surface area contributed by atoms with Crippen LogP contribution in [-0.4, -0.2) is 49.3 Å². The van der Waals surface area contributed by atoms with E-state index in [0.717, 1.165) is 5.39 Å². The number of phenolic OH excluding ortho intramolecular Hbond substituents is 1. The van der Waals surface area contributed by atoms with Gasteiger partial charge in [0.15, 0.2) is 0 Å². The minimum absolute atomic E-state index is 0.0441. The highest BCUT2D eigenvalue weighted by atomic mass is 16.5. The number of carbonyl (C=O) groups excluding carboxylic acids is 1. The van der Waals surface area contributed by atoms with Crippen LogP contribution in [0.15, 0.2) is 64.8 Å². The number of rotatable bonds is 4. The Morgan fingerprint density at radius 1 is 1.03 bits per heavy atom. The predicted octanol–water partition coefficient (Wildman–Crippen LogP) is 4.44. The van der Waals surface area contributed by atoms with E-state index in [0.29, 0.717) is 48.8 Å². The maximum Gasteiger partial charge on any atom is 0.257 e. The normalized spacial score (nSPS) is 14.4. The molecule has 7 heteroatoms. The van der Waals surface area contributed by atoms with Crippen LogP contribution in [0.25, 0.3) is 10.8 Å². The first-order valence-electron chi connectivity index (χ1n) is 9.35. The highest BCUT2D eigenvalue weighted by Crippen LogP contribution is 2.37. The fourth-order valence-corrected chi connectivity index (χ4v) is 3.31. The summed E-state index contributed by atoms with van der Waals surface area (Å²) in [4.78, 5) is 14.7. The Morgan fingerprint density at radius 2 is 1.79 bits per heavy atom. The number of phenols is 1. The van der Waals surface area contributed by atoms with Gasteiger partial charge in [-0.1, -0.05) is 30.3 Å². The third-order valence-corrected chi connectivity index (χ3v) is 4.85. The van der Waals surface area contributed by atoms with Gasteiger partial charge in [-0.25, -0.2) is 0 Å². The zero-order chi connectivity index (χ0) is 20.2. The average Bonchev–Trinajstić information content (AvgIpc) is 2.79. The van der Waals surface area contributed by atoms with Gasteiger partial charge in [-0.15, -0.1) is 5.11 Å². The Morgan fingerprint density at radius 3 is 2.55 bits per heavy atom. The molecule has 1 heterocycles. The number of methoxy groups -OCH3 is 1. The number of hydrogen-bond donors (Lipinski definition) is 1. The standard InChI is InChI=1S/C22H21N3O4/c1-28-16-6-4-5-15(13-16)23-24-20-14-19(22(27)25-9-11-29-12-10-25)21(26)18-8-3-2-7-17(18)20/h2-8,13-14,26H,9-12H2,1H3. The summed E-state index contributed by atoms with van der Waals surface area (Å²) in [7, 11) is 1.59. The summed E-state index contributed by atoms with van der Waals surface area (Å²) in [6, 6.07) is 16.1. The maximum atomic E-state index is 13.0. The van der Waals surface area contributed by atoms with Crippen LogP contribution in [0.2, 0.25) is 0 Å². The molecular formula is C22H21N3O4. The van der Waals surface area contributed by atoms with Crippen LogP contribution in [0.5, 0.6) is 11.5 Å². The molecule has 1 aliphatic heterocycles. The molecule has 1 aliphatic rings. The van der Waals surface area contributed by atoms with Crippen molar-refractivity contribution in [3.63, 3.8) is 0 Å². The lowest BCUT2D eigenvalue weighted by Gasteiger charge is -2.27. The number of fused-ring (bicyclic) bond motifs is 1. The lowest BCUT2D eigenvalue weighted by Crippen LogP contribution is -2.40. The smallest absolute Gasteiger partial charge is 0.257 e. The van der Waals surface area contributed by atoms with Gasteiger partial charge in [0.2, 0.25) is 0 Å². The van der Waals surface area contributed by atoms with Gasteiger partial charge >= 0.3 is 0 Å². The molecule has 0 aliphatic carbocycles. The summed E-state index contributed by atoms with van der Waals surface area (Å²) < 4.78 is 10.5. The quantitative estimate of drug-likeness (QED) is 0.667. The number of benzene rings is 3. The fraction of sp³-hybridized carbons (Fsp3) is 0.227. The molecule has 3 aromatic carbocycles. The first kappa shape index (κ1) is 18.9. The van der Waals surface area contributed by atoms with Crippen LogP contribution < -0.4 is 4.74 Å². The summed E-state index contributed by atoms with van der Waals surface area (Å²) >= 11 is 0. The van der Waals surface area contributed by atoms with Gasteiger partial charge < -0.3 is 19.5 Å². The molecule has 0 spiro atoms. The van der Waals surface area contributed by atoms with Crippen molar-refractivity contribution in [2.75, 3.05) is 33.4 Å². The molecule has 0 aromatic heterocycles. The fourth-order valence-electron chi connectivity index (χ4n) is 3.31. The van der Waals surface area contributed by atoms with Crippen molar-refractivity contribution in [3.8, 4) is 11.5 Å². The highest BCUT2D eigenvalue weighted by Gasteiger charge is 2.23. The van der Waals surface area contributed by atoms with E-state index < -0.39 is 0 Å². The number of azo groups is 1. The van der Waals surface area contributed by atoms with Gasteiger partial charge in [0, 0.05) is 29.9 Å². The van der Waals surface area contributed by atoms with E-state index in [9.17, 15) is 9.90 Å². The van der Waals surface area contributed by atoms with Crippen LogP contribution in [0, 0.1) is 0 Å². The molecule has 3 aromatic rings. The molecule has 1 fully saturated rings. The SMILES string of the molecule is COc1cccc(N=Nc2cc(C(=O)N3CCOCC3)c(O)c3ccccc23)c1. The summed E-state index contributed by atoms with van der Waals surface area (Å²) in [5.41, 5.74) is 1.35. The van der Waals surface area contributed by atoms with Crippen molar-refractivity contribution in [3.05, 3.63) is 60.2 Å². The molecular weight excluding hydrogens is 370 g/mol. The maximum absolute atomic E-state index is 13.0. The second-order valence-corrected chi connectivity index (χ2v) is 6.64. The molecule has 7 nitrogen and oxygen atoms in total. The van der Waals surface area contributed by atoms with E-state index in [2.05, 4.69) is 10.2 Å². The van der Waals surface area contributed by atoms with E-state index in [1.54, 1.807) is 30.2 Å². The average molecular weight is 391 g/mol. The van der Waals surface area contributed by atoms with Crippen LogP contribution in [0.1, 0.15) is 10.4 Å². The van der Waals surface area contributed by atoms with Crippen molar-refractivity contribution >= 4 is 28.1 Å². The van der Waals surface area contributed by atoms with Gasteiger partial charge in [0.25, 0.3) is 5.91 Å². The first-order valence-corrected chi connectivity index (χ1v) is 9.35. The van der Waals surface area contributed by atoms with E-state index >= 15 is 0 Å². The number of amides is 1. The topological polar surface area (TPSA) is 83.7 Å². The van der Waals surface area contributed by atoms with Crippen molar-refractivity contribution in [1.82, 2.24) is 4.90 Å². The third-order valence-electron chi connectivity index (χ3n) is 4.85. The molecule has 0 bridgehead atoms. The van der Waals surface area contributed by atoms with Crippen molar-refractivity contribution in [2.45, 2.75) is 0 Å². The first-order chi connectivity index (χ1) is 14.2. The van der Waals surface area contributed by atoms with Gasteiger partial charge in [-0.3, -0.25) is 4.79 Å². The Bertz CT molecular complexity index is 1070. The molecule has 0 unspecified atom stereocenters. The van der Waals surface area contributed by atoms with Crippen LogP contribution in [0.3, 0.4) is 0 Å². The molecule has 29 heavy (non-hydrogen) atoms. The molecule has 0 saturated carbocycles. The largest absolute Gasteiger partial charge is 0.506 e. The van der Waals surface area contributed by atoms with E-state index in [1.807, 2.05) is 36.4 Å². The van der Waals surface area contributed by atoms with Crippen LogP contribution in [-0.2, 0) is 4.74 Å². The van der Waals surface area contributed by atoms with Gasteiger partial charge in [0.1, 0.15) is 11.5 Å². The number of nitrogens with zero attached hydrogens (tertiary/aromatic N) is 3. The molecule has 0 radical (unpaired) electrons. The second kappa shape index (κ2) is 8.28. The number of carbonyl (C=O) groups is 1. The monoisotopic (exact) mass is 391 g/mol. The van der Waals surface area contributed by atoms with Gasteiger partial charge in [0.05, 0.1) is 37.3 Å². The Labute approximate surface area is 168 Å². The third kappa shape index (κ3) is 3.90. The second-order valence-electron chi connectivity index (χ2n) is 6.64. The van der Waals surface area contributed by atoms with Gasteiger partial charge in [-0.05, 0) is 18.2 Å². The van der Waals surface area contributed by atoms with Crippen molar-refractivity contribution in [2.24, 2.45) is 10.2 Å². The lowest BCUT2D eigenvalue weighted by atomic mass is 10.0. The predicted molar refractivity (Wildman–Crippen MR) is 110 cm³/mol. The Kier molecular flexibility index (Phi) is 5.39. The number of aromatic hydroxyl groups is 1. The lowest BCUT2D eigenvalue weighted by molar-refractivity contribution is 0.0301. The van der Waals surface area contributed by atoms with Crippen LogP contribution >= 0.6 is 0 Å². The summed E-state index contributed by atoms with van der Waals surface area (Å²) in [6.45, 7) is 1.96. The summed E-state index contributed by atoms with van der Waals surface area (Å²) in [6.07, 6.45) is 0. The summed E-state index contributed by atoms with van der Waals surface area (Å²) in [5.74, 6) is 0.395. The minimum atomic E-state index is -0.241. The van der Waals surface area contributed by atoms with Crippen molar-refractivity contribution in [1.29, 1.82) is 0 Å². The molecule has 148 valence electrons. The van der Waals surface area contributed by atoms with E-state index in [4.69, 9.17) is 9.47 Å². The molecule has 1 saturated heterocycles. The van der Waals surface area contributed by atoms with Gasteiger partial charge in [-0.2, -0.15) is 5.11 Å². The Balaban J connectivity index is 1.77. The van der Waals surface area contributed by atoms with Crippen LogP contribution in [0.4, 0.5) is 11.4 Å². The zero-order valence-corrected chi connectivity index (χ0v) is 16.0. The van der Waals surface area contributed by atoms with E-state index in [1.165, 1.54) is 0 Å².